The quantitative estimate of drug-likeness (QED) is 0.426. The number of nitrogens with zero attached hydrogens (tertiary/aromatic N) is 1. The van der Waals surface area contributed by atoms with Gasteiger partial charge in [0.25, 0.3) is 5.69 Å². The van der Waals surface area contributed by atoms with Crippen LogP contribution in [0.4, 0.5) is 5.69 Å². The second-order valence-electron chi connectivity index (χ2n) is 6.87. The lowest BCUT2D eigenvalue weighted by Gasteiger charge is -2.30. The van der Waals surface area contributed by atoms with Gasteiger partial charge in [-0.15, -0.1) is 0 Å². The van der Waals surface area contributed by atoms with Crippen molar-refractivity contribution in [2.45, 2.75) is 17.0 Å². The van der Waals surface area contributed by atoms with Crippen LogP contribution in [-0.2, 0) is 10.0 Å². The van der Waals surface area contributed by atoms with Crippen LogP contribution in [0, 0.1) is 10.1 Å². The third-order valence-corrected chi connectivity index (χ3v) is 6.56. The number of nitro groups is 1. The molecule has 1 aliphatic carbocycles. The van der Waals surface area contributed by atoms with Gasteiger partial charge in [-0.2, -0.15) is 4.72 Å². The summed E-state index contributed by atoms with van der Waals surface area (Å²) in [4.78, 5) is 10.2. The van der Waals surface area contributed by atoms with Gasteiger partial charge in [0.15, 0.2) is 0 Å². The first-order valence-electron chi connectivity index (χ1n) is 9.30. The molecule has 1 aliphatic rings. The van der Waals surface area contributed by atoms with E-state index in [0.717, 1.165) is 23.3 Å². The van der Waals surface area contributed by atoms with Crippen LogP contribution >= 0.6 is 11.6 Å². The fraction of sp³-hybridized carbons (Fsp3) is 0.0909. The lowest BCUT2D eigenvalue weighted by molar-refractivity contribution is -0.384. The van der Waals surface area contributed by atoms with Crippen molar-refractivity contribution in [2.75, 3.05) is 0 Å². The molecule has 3 aromatic rings. The minimum atomic E-state index is -3.98. The van der Waals surface area contributed by atoms with Crippen LogP contribution in [0.3, 0.4) is 0 Å². The Morgan fingerprint density at radius 2 is 1.65 bits per heavy atom. The van der Waals surface area contributed by atoms with Crippen LogP contribution in [-0.4, -0.2) is 19.4 Å². The average molecular weight is 457 g/mol. The zero-order valence-electron chi connectivity index (χ0n) is 16.0. The fourth-order valence-electron chi connectivity index (χ4n) is 3.32. The first-order valence-corrected chi connectivity index (χ1v) is 11.2. The second-order valence-corrected chi connectivity index (χ2v) is 9.02. The molecule has 0 heterocycles. The highest BCUT2D eigenvalue weighted by atomic mass is 35.5. The first kappa shape index (κ1) is 21.0. The van der Waals surface area contributed by atoms with Gasteiger partial charge in [-0.1, -0.05) is 41.9 Å². The predicted octanol–water partition coefficient (Wildman–Crippen LogP) is 4.74. The molecule has 158 valence electrons. The highest BCUT2D eigenvalue weighted by Crippen LogP contribution is 2.32. The van der Waals surface area contributed by atoms with Crippen molar-refractivity contribution in [1.82, 2.24) is 4.72 Å². The van der Waals surface area contributed by atoms with Crippen molar-refractivity contribution in [2.24, 2.45) is 0 Å². The van der Waals surface area contributed by atoms with Gasteiger partial charge in [-0.25, -0.2) is 8.42 Å². The molecular formula is C22H17ClN2O5S. The zero-order valence-corrected chi connectivity index (χ0v) is 17.6. The fourth-order valence-corrected chi connectivity index (χ4v) is 4.67. The number of fused-ring (bicyclic) bond motifs is 1. The van der Waals surface area contributed by atoms with E-state index in [0.29, 0.717) is 10.8 Å². The monoisotopic (exact) mass is 456 g/mol. The van der Waals surface area contributed by atoms with Crippen molar-refractivity contribution < 1.29 is 18.1 Å². The molecule has 2 atom stereocenters. The molecule has 4 rings (SSSR count). The highest BCUT2D eigenvalue weighted by molar-refractivity contribution is 7.89. The maximum atomic E-state index is 13.1. The van der Waals surface area contributed by atoms with E-state index in [9.17, 15) is 18.5 Å². The molecule has 31 heavy (non-hydrogen) atoms. The lowest BCUT2D eigenvalue weighted by Crippen LogP contribution is -2.39. The maximum absolute atomic E-state index is 13.1. The summed E-state index contributed by atoms with van der Waals surface area (Å²) in [6.45, 7) is 0. The standard InChI is InChI=1S/C22H17ClN2O5S/c23-16-6-10-18(11-7-16)30-21-14-5-15-3-1-2-4-20(15)22(21)24-31(28,29)19-12-8-17(9-13-19)25(26)27/h1-14,21-22,24H/t21-,22-/m1/s1. The molecule has 0 amide bonds. The third-order valence-electron chi connectivity index (χ3n) is 4.85. The number of sulfonamides is 1. The number of hydrogen-bond donors (Lipinski definition) is 1. The predicted molar refractivity (Wildman–Crippen MR) is 118 cm³/mol. The van der Waals surface area contributed by atoms with E-state index in [1.54, 1.807) is 30.3 Å². The summed E-state index contributed by atoms with van der Waals surface area (Å²) in [5, 5.41) is 11.4. The molecule has 0 bridgehead atoms. The average Bonchev–Trinajstić information content (AvgIpc) is 2.77. The molecule has 0 spiro atoms. The molecule has 0 saturated heterocycles. The molecule has 9 heteroatoms. The molecule has 0 fully saturated rings. The number of nitro benzene ring substituents is 1. The topological polar surface area (TPSA) is 98.5 Å². The van der Waals surface area contributed by atoms with Crippen LogP contribution in [0.1, 0.15) is 17.2 Å². The van der Waals surface area contributed by atoms with E-state index in [2.05, 4.69) is 4.72 Å². The zero-order chi connectivity index (χ0) is 22.0. The number of nitrogens with one attached hydrogen (secondary N) is 1. The van der Waals surface area contributed by atoms with Gasteiger partial charge in [0.2, 0.25) is 10.0 Å². The normalized spacial score (nSPS) is 17.7. The van der Waals surface area contributed by atoms with Crippen molar-refractivity contribution in [3.63, 3.8) is 0 Å². The summed E-state index contributed by atoms with van der Waals surface area (Å²) in [6.07, 6.45) is 3.05. The van der Waals surface area contributed by atoms with Crippen molar-refractivity contribution in [1.29, 1.82) is 0 Å². The highest BCUT2D eigenvalue weighted by Gasteiger charge is 2.32. The summed E-state index contributed by atoms with van der Waals surface area (Å²) in [5.74, 6) is 0.540. The van der Waals surface area contributed by atoms with Gasteiger partial charge in [-0.05, 0) is 53.6 Å². The van der Waals surface area contributed by atoms with Crippen molar-refractivity contribution >= 4 is 33.4 Å². The summed E-state index contributed by atoms with van der Waals surface area (Å²) >= 11 is 5.93. The largest absolute Gasteiger partial charge is 0.484 e. The number of benzene rings is 3. The Labute approximate surface area is 184 Å². The molecule has 7 nitrogen and oxygen atoms in total. The van der Waals surface area contributed by atoms with E-state index in [-0.39, 0.29) is 10.6 Å². The van der Waals surface area contributed by atoms with Crippen LogP contribution in [0.25, 0.3) is 6.08 Å². The summed E-state index contributed by atoms with van der Waals surface area (Å²) < 4.78 is 34.9. The van der Waals surface area contributed by atoms with Gasteiger partial charge in [-0.3, -0.25) is 10.1 Å². The molecule has 0 unspecified atom stereocenters. The Balaban J connectivity index is 1.66. The minimum Gasteiger partial charge on any atom is -0.484 e. The van der Waals surface area contributed by atoms with Gasteiger partial charge in [0, 0.05) is 17.2 Å². The van der Waals surface area contributed by atoms with Gasteiger partial charge in [0.1, 0.15) is 11.9 Å². The van der Waals surface area contributed by atoms with E-state index in [1.807, 2.05) is 30.3 Å². The number of hydrogen-bond acceptors (Lipinski definition) is 5. The van der Waals surface area contributed by atoms with Gasteiger partial charge >= 0.3 is 0 Å². The number of halogens is 1. The van der Waals surface area contributed by atoms with Crippen molar-refractivity contribution in [3.05, 3.63) is 105 Å². The van der Waals surface area contributed by atoms with Crippen LogP contribution in [0.15, 0.2) is 83.8 Å². The molecule has 0 aliphatic heterocycles. The molecule has 0 aromatic heterocycles. The summed E-state index contributed by atoms with van der Waals surface area (Å²) in [6, 6.07) is 18.2. The molecule has 0 radical (unpaired) electrons. The Bertz CT molecular complexity index is 1240. The molecule has 3 aromatic carbocycles. The van der Waals surface area contributed by atoms with Crippen LogP contribution in [0.2, 0.25) is 5.02 Å². The summed E-state index contributed by atoms with van der Waals surface area (Å²) in [5.41, 5.74) is 1.44. The smallest absolute Gasteiger partial charge is 0.269 e. The van der Waals surface area contributed by atoms with E-state index in [1.165, 1.54) is 12.1 Å². The van der Waals surface area contributed by atoms with Gasteiger partial charge in [0.05, 0.1) is 15.9 Å². The Morgan fingerprint density at radius 1 is 0.968 bits per heavy atom. The first-order chi connectivity index (χ1) is 14.8. The number of non-ortho nitro benzene ring substituents is 1. The number of rotatable bonds is 6. The molecule has 0 saturated carbocycles. The van der Waals surface area contributed by atoms with E-state index in [4.69, 9.17) is 16.3 Å². The SMILES string of the molecule is O=[N+]([O-])c1ccc(S(=O)(=O)N[C@@H]2c3ccccc3C=C[C@H]2Oc2ccc(Cl)cc2)cc1. The van der Waals surface area contributed by atoms with Crippen LogP contribution in [0.5, 0.6) is 5.75 Å². The minimum absolute atomic E-state index is 0.0737. The third kappa shape index (κ3) is 4.61. The Hall–Kier alpha value is -3.20. The summed E-state index contributed by atoms with van der Waals surface area (Å²) in [7, 11) is -3.98. The Morgan fingerprint density at radius 3 is 2.32 bits per heavy atom. The Kier molecular flexibility index (Phi) is 5.77. The van der Waals surface area contributed by atoms with E-state index >= 15 is 0 Å². The number of ether oxygens (including phenoxy) is 1. The van der Waals surface area contributed by atoms with E-state index < -0.39 is 27.1 Å². The second kappa shape index (κ2) is 8.50. The van der Waals surface area contributed by atoms with Gasteiger partial charge < -0.3 is 4.74 Å². The molecular weight excluding hydrogens is 440 g/mol. The maximum Gasteiger partial charge on any atom is 0.269 e. The molecule has 1 N–H and O–H groups in total. The van der Waals surface area contributed by atoms with Crippen molar-refractivity contribution in [3.8, 4) is 5.75 Å². The lowest BCUT2D eigenvalue weighted by atomic mass is 9.91. The van der Waals surface area contributed by atoms with Crippen LogP contribution < -0.4 is 9.46 Å².